The molecular weight excluding hydrogens is 280 g/mol. The van der Waals surface area contributed by atoms with Crippen LogP contribution >= 0.6 is 0 Å². The van der Waals surface area contributed by atoms with Crippen molar-refractivity contribution in [1.82, 2.24) is 0 Å². The number of ketones is 1. The fraction of sp³-hybridized carbons (Fsp3) is 0.682. The first-order valence-electron chi connectivity index (χ1n) is 9.31. The van der Waals surface area contributed by atoms with E-state index < -0.39 is 0 Å². The zero-order chi connectivity index (χ0) is 17.7. The second kappa shape index (κ2) is 7.64. The molecule has 0 aromatic rings. The number of carbonyl (C=O) groups is 1. The van der Waals surface area contributed by atoms with Crippen LogP contribution in [0.3, 0.4) is 0 Å². The van der Waals surface area contributed by atoms with Gasteiger partial charge in [-0.05, 0) is 24.7 Å². The molecule has 0 aromatic carbocycles. The minimum absolute atomic E-state index is 0.0149. The van der Waals surface area contributed by atoms with Crippen LogP contribution in [0, 0.1) is 16.2 Å². The summed E-state index contributed by atoms with van der Waals surface area (Å²) in [6, 6.07) is 0. The second-order valence-electron chi connectivity index (χ2n) is 8.15. The maximum absolute atomic E-state index is 13.4. The highest BCUT2D eigenvalue weighted by molar-refractivity contribution is 6.02. The molecule has 0 radical (unpaired) electrons. The Morgan fingerprint density at radius 2 is 1.57 bits per heavy atom. The maximum atomic E-state index is 13.4. The minimum Gasteiger partial charge on any atom is -0.294 e. The summed E-state index contributed by atoms with van der Waals surface area (Å²) in [5, 5.41) is 0. The average Bonchev–Trinajstić information content (AvgIpc) is 2.72. The van der Waals surface area contributed by atoms with Gasteiger partial charge < -0.3 is 0 Å². The summed E-state index contributed by atoms with van der Waals surface area (Å²) in [5.41, 5.74) is 0.886. The highest BCUT2D eigenvalue weighted by atomic mass is 16.1. The molecule has 1 aliphatic carbocycles. The highest BCUT2D eigenvalue weighted by Gasteiger charge is 2.41. The van der Waals surface area contributed by atoms with Crippen molar-refractivity contribution >= 4 is 5.78 Å². The summed E-state index contributed by atoms with van der Waals surface area (Å²) in [5.74, 6) is 0.328. The van der Waals surface area contributed by atoms with Crippen LogP contribution in [-0.4, -0.2) is 5.78 Å². The van der Waals surface area contributed by atoms with Crippen molar-refractivity contribution in [2.45, 2.75) is 80.6 Å². The summed E-state index contributed by atoms with van der Waals surface area (Å²) in [6.45, 7) is 15.5. The first kappa shape index (κ1) is 19.9. The first-order chi connectivity index (χ1) is 10.7. The first-order valence-corrected chi connectivity index (χ1v) is 9.31. The van der Waals surface area contributed by atoms with Crippen LogP contribution in [-0.2, 0) is 4.79 Å². The van der Waals surface area contributed by atoms with Gasteiger partial charge in [0.15, 0.2) is 5.78 Å². The van der Waals surface area contributed by atoms with Gasteiger partial charge in [0.25, 0.3) is 0 Å². The second-order valence-corrected chi connectivity index (χ2v) is 8.15. The molecule has 0 spiro atoms. The molecule has 0 fully saturated rings. The van der Waals surface area contributed by atoms with E-state index in [-0.39, 0.29) is 16.2 Å². The van der Waals surface area contributed by atoms with Crippen LogP contribution < -0.4 is 0 Å². The quantitative estimate of drug-likeness (QED) is 0.489. The smallest absolute Gasteiger partial charge is 0.168 e. The third-order valence-electron chi connectivity index (χ3n) is 6.06. The largest absolute Gasteiger partial charge is 0.294 e. The van der Waals surface area contributed by atoms with E-state index in [1.807, 2.05) is 18.2 Å². The van der Waals surface area contributed by atoms with Gasteiger partial charge in [-0.15, -0.1) is 0 Å². The van der Waals surface area contributed by atoms with E-state index in [1.54, 1.807) is 0 Å². The Kier molecular flexibility index (Phi) is 6.62. The molecule has 0 amide bonds. The van der Waals surface area contributed by atoms with E-state index >= 15 is 0 Å². The monoisotopic (exact) mass is 316 g/mol. The Balaban J connectivity index is 3.17. The molecule has 0 heterocycles. The molecule has 0 unspecified atom stereocenters. The van der Waals surface area contributed by atoms with Crippen molar-refractivity contribution in [2.75, 3.05) is 0 Å². The zero-order valence-electron chi connectivity index (χ0n) is 16.3. The lowest BCUT2D eigenvalue weighted by molar-refractivity contribution is -0.127. The predicted molar refractivity (Wildman–Crippen MR) is 101 cm³/mol. The maximum Gasteiger partial charge on any atom is 0.168 e. The Morgan fingerprint density at radius 3 is 2.04 bits per heavy atom. The van der Waals surface area contributed by atoms with Gasteiger partial charge in [-0.25, -0.2) is 0 Å². The van der Waals surface area contributed by atoms with Crippen LogP contribution in [0.4, 0.5) is 0 Å². The molecule has 1 aliphatic rings. The van der Waals surface area contributed by atoms with Gasteiger partial charge in [-0.2, -0.15) is 0 Å². The molecule has 0 atom stereocenters. The van der Waals surface area contributed by atoms with Gasteiger partial charge in [-0.3, -0.25) is 4.79 Å². The van der Waals surface area contributed by atoms with E-state index in [9.17, 15) is 4.79 Å². The van der Waals surface area contributed by atoms with Crippen molar-refractivity contribution in [2.24, 2.45) is 16.2 Å². The minimum atomic E-state index is -0.237. The van der Waals surface area contributed by atoms with Crippen molar-refractivity contribution in [3.8, 4) is 0 Å². The molecule has 0 saturated carbocycles. The Bertz CT molecular complexity index is 494. The van der Waals surface area contributed by atoms with Crippen LogP contribution in [0.25, 0.3) is 0 Å². The Hall–Kier alpha value is -1.11. The third kappa shape index (κ3) is 4.68. The van der Waals surface area contributed by atoms with Crippen LogP contribution in [0.2, 0.25) is 0 Å². The molecule has 0 aliphatic heterocycles. The summed E-state index contributed by atoms with van der Waals surface area (Å²) in [6.07, 6.45) is 15.5. The van der Waals surface area contributed by atoms with Crippen molar-refractivity contribution in [1.29, 1.82) is 0 Å². The lowest BCUT2D eigenvalue weighted by Gasteiger charge is -2.39. The summed E-state index contributed by atoms with van der Waals surface area (Å²) < 4.78 is 0. The lowest BCUT2D eigenvalue weighted by Crippen LogP contribution is -2.36. The molecule has 130 valence electrons. The normalized spacial score (nSPS) is 17.8. The van der Waals surface area contributed by atoms with Gasteiger partial charge >= 0.3 is 0 Å². The van der Waals surface area contributed by atoms with Crippen LogP contribution in [0.5, 0.6) is 0 Å². The SMILES string of the molecule is CCC(C)(CC)CC(CC)(CC)C(=O)C1=CC=CC(C)(C)C=C1. The van der Waals surface area contributed by atoms with Crippen LogP contribution in [0.1, 0.15) is 80.6 Å². The van der Waals surface area contributed by atoms with Crippen molar-refractivity contribution in [3.05, 3.63) is 36.0 Å². The summed E-state index contributed by atoms with van der Waals surface area (Å²) >= 11 is 0. The standard InChI is InChI=1S/C22H36O/c1-8-21(7,9-2)17-22(10-3,11-4)19(23)18-13-12-15-20(5,6)16-14-18/h12-16H,8-11,17H2,1-7H3. The van der Waals surface area contributed by atoms with Gasteiger partial charge in [0.1, 0.15) is 0 Å². The number of rotatable bonds is 8. The van der Waals surface area contributed by atoms with E-state index in [2.05, 4.69) is 60.6 Å². The van der Waals surface area contributed by atoms with E-state index in [4.69, 9.17) is 0 Å². The molecule has 1 heteroatoms. The van der Waals surface area contributed by atoms with Gasteiger partial charge in [0.05, 0.1) is 0 Å². The number of hydrogen-bond donors (Lipinski definition) is 0. The number of hydrogen-bond acceptors (Lipinski definition) is 1. The summed E-state index contributed by atoms with van der Waals surface area (Å²) in [4.78, 5) is 13.4. The molecule has 1 rings (SSSR count). The van der Waals surface area contributed by atoms with E-state index in [1.165, 1.54) is 0 Å². The Morgan fingerprint density at radius 1 is 1.00 bits per heavy atom. The fourth-order valence-corrected chi connectivity index (χ4v) is 3.49. The van der Waals surface area contributed by atoms with E-state index in [0.717, 1.165) is 37.7 Å². The predicted octanol–water partition coefficient (Wildman–Crippen LogP) is 6.66. The lowest BCUT2D eigenvalue weighted by atomic mass is 9.63. The molecule has 1 nitrogen and oxygen atoms in total. The molecule has 0 N–H and O–H groups in total. The molecule has 0 bridgehead atoms. The summed E-state index contributed by atoms with van der Waals surface area (Å²) in [7, 11) is 0. The molecule has 0 aromatic heterocycles. The average molecular weight is 317 g/mol. The number of allylic oxidation sites excluding steroid dienone is 6. The molecule has 23 heavy (non-hydrogen) atoms. The molecule has 0 saturated heterocycles. The third-order valence-corrected chi connectivity index (χ3v) is 6.06. The van der Waals surface area contributed by atoms with Crippen molar-refractivity contribution in [3.63, 3.8) is 0 Å². The Labute approximate surface area is 143 Å². The number of carbonyl (C=O) groups excluding carboxylic acids is 1. The molecular formula is C22H36O. The number of Topliss-reactive ketones (excluding diaryl/α,β-unsaturated/α-hetero) is 1. The fourth-order valence-electron chi connectivity index (χ4n) is 3.49. The van der Waals surface area contributed by atoms with E-state index in [0.29, 0.717) is 5.78 Å². The van der Waals surface area contributed by atoms with Gasteiger partial charge in [0.2, 0.25) is 0 Å². The van der Waals surface area contributed by atoms with Gasteiger partial charge in [0, 0.05) is 16.4 Å². The van der Waals surface area contributed by atoms with Gasteiger partial charge in [-0.1, -0.05) is 91.7 Å². The van der Waals surface area contributed by atoms with Crippen molar-refractivity contribution < 1.29 is 4.79 Å². The zero-order valence-corrected chi connectivity index (χ0v) is 16.3. The highest BCUT2D eigenvalue weighted by Crippen LogP contribution is 2.45. The topological polar surface area (TPSA) is 17.1 Å². The van der Waals surface area contributed by atoms with Crippen LogP contribution in [0.15, 0.2) is 36.0 Å².